The van der Waals surface area contributed by atoms with Crippen LogP contribution in [0.15, 0.2) is 16.7 Å². The molecule has 3 heterocycles. The standard InChI is InChI=1S/C13H15N4O3/c1-8-5-9(20-17-8)6-13(18)14-12-7-10(15-16-12)11-3-2-4-19-11/h2,5,7,11H,3-4,6H2,1H3,(H2,14,15,16,18)/t11-/m0/s1. The van der Waals surface area contributed by atoms with Crippen LogP contribution in [0.4, 0.5) is 5.82 Å². The molecule has 0 bridgehead atoms. The van der Waals surface area contributed by atoms with Gasteiger partial charge >= 0.3 is 0 Å². The second kappa shape index (κ2) is 5.46. The molecule has 0 aromatic carbocycles. The molecular weight excluding hydrogens is 260 g/mol. The lowest BCUT2D eigenvalue weighted by Gasteiger charge is -2.04. The number of hydrogen-bond acceptors (Lipinski definition) is 5. The first-order valence-corrected chi connectivity index (χ1v) is 6.41. The van der Waals surface area contributed by atoms with Crippen LogP contribution in [-0.2, 0) is 16.0 Å². The van der Waals surface area contributed by atoms with Crippen molar-refractivity contribution in [2.24, 2.45) is 0 Å². The highest BCUT2D eigenvalue weighted by molar-refractivity contribution is 5.91. The van der Waals surface area contributed by atoms with Crippen molar-refractivity contribution in [3.8, 4) is 0 Å². The normalized spacial score (nSPS) is 18.4. The summed E-state index contributed by atoms with van der Waals surface area (Å²) in [5, 5.41) is 13.4. The number of ether oxygens (including phenoxy) is 1. The van der Waals surface area contributed by atoms with E-state index in [4.69, 9.17) is 9.26 Å². The number of rotatable bonds is 4. The highest BCUT2D eigenvalue weighted by Gasteiger charge is 2.20. The molecule has 1 atom stereocenters. The minimum atomic E-state index is -0.196. The molecule has 0 saturated carbocycles. The summed E-state index contributed by atoms with van der Waals surface area (Å²) >= 11 is 0. The average molecular weight is 275 g/mol. The molecule has 0 aliphatic carbocycles. The summed E-state index contributed by atoms with van der Waals surface area (Å²) in [5.74, 6) is 0.819. The number of aryl methyl sites for hydroxylation is 1. The Bertz CT molecular complexity index is 598. The van der Waals surface area contributed by atoms with Crippen molar-refractivity contribution < 1.29 is 14.1 Å². The van der Waals surface area contributed by atoms with Crippen molar-refractivity contribution in [3.63, 3.8) is 0 Å². The van der Waals surface area contributed by atoms with Gasteiger partial charge in [0.25, 0.3) is 0 Å². The predicted molar refractivity (Wildman–Crippen MR) is 69.8 cm³/mol. The zero-order valence-electron chi connectivity index (χ0n) is 11.0. The Labute approximate surface area is 115 Å². The van der Waals surface area contributed by atoms with Gasteiger partial charge in [-0.1, -0.05) is 5.16 Å². The Morgan fingerprint density at radius 2 is 2.45 bits per heavy atom. The van der Waals surface area contributed by atoms with Gasteiger partial charge < -0.3 is 14.6 Å². The van der Waals surface area contributed by atoms with Crippen LogP contribution in [0.5, 0.6) is 0 Å². The van der Waals surface area contributed by atoms with Gasteiger partial charge in [-0.05, 0) is 19.8 Å². The molecule has 20 heavy (non-hydrogen) atoms. The van der Waals surface area contributed by atoms with E-state index in [0.717, 1.165) is 17.8 Å². The second-order valence-electron chi connectivity index (χ2n) is 4.71. The largest absolute Gasteiger partial charge is 0.372 e. The van der Waals surface area contributed by atoms with Crippen molar-refractivity contribution in [1.29, 1.82) is 0 Å². The van der Waals surface area contributed by atoms with E-state index in [9.17, 15) is 4.79 Å². The van der Waals surface area contributed by atoms with Crippen LogP contribution in [0.1, 0.15) is 29.7 Å². The van der Waals surface area contributed by atoms with Gasteiger partial charge in [-0.25, -0.2) is 0 Å². The van der Waals surface area contributed by atoms with E-state index in [1.54, 1.807) is 12.1 Å². The molecule has 1 fully saturated rings. The zero-order chi connectivity index (χ0) is 13.9. The van der Waals surface area contributed by atoms with Crippen molar-refractivity contribution in [3.05, 3.63) is 35.7 Å². The number of hydrogen-bond donors (Lipinski definition) is 2. The van der Waals surface area contributed by atoms with Crippen molar-refractivity contribution in [2.75, 3.05) is 11.9 Å². The third-order valence-corrected chi connectivity index (χ3v) is 3.02. The van der Waals surface area contributed by atoms with Crippen molar-refractivity contribution >= 4 is 11.7 Å². The molecule has 2 aromatic rings. The second-order valence-corrected chi connectivity index (χ2v) is 4.71. The Hall–Kier alpha value is -2.15. The first-order valence-electron chi connectivity index (χ1n) is 6.41. The molecular formula is C13H15N4O3. The van der Waals surface area contributed by atoms with Crippen LogP contribution in [-0.4, -0.2) is 27.9 Å². The van der Waals surface area contributed by atoms with Crippen molar-refractivity contribution in [1.82, 2.24) is 15.4 Å². The predicted octanol–water partition coefficient (Wildman–Crippen LogP) is 1.55. The fraction of sp³-hybridized carbons (Fsp3) is 0.385. The minimum Gasteiger partial charge on any atom is -0.372 e. The van der Waals surface area contributed by atoms with Gasteiger partial charge in [0.15, 0.2) is 5.82 Å². The maximum Gasteiger partial charge on any atom is 0.233 e. The number of nitrogens with zero attached hydrogens (tertiary/aromatic N) is 2. The smallest absolute Gasteiger partial charge is 0.233 e. The number of carbonyl (C=O) groups is 1. The number of aromatic amines is 1. The molecule has 3 rings (SSSR count). The van der Waals surface area contributed by atoms with E-state index in [1.807, 2.05) is 6.92 Å². The SMILES string of the molecule is Cc1cc(CC(=O)Nc2cc([C@@H]3C[CH]CO3)[nH]n2)on1. The molecule has 1 saturated heterocycles. The van der Waals surface area contributed by atoms with Crippen molar-refractivity contribution in [2.45, 2.75) is 25.9 Å². The van der Waals surface area contributed by atoms with E-state index in [0.29, 0.717) is 18.2 Å². The third-order valence-electron chi connectivity index (χ3n) is 3.02. The molecule has 1 aliphatic rings. The molecule has 1 radical (unpaired) electrons. The van der Waals surface area contributed by atoms with Crippen LogP contribution < -0.4 is 5.32 Å². The van der Waals surface area contributed by atoms with E-state index in [1.165, 1.54) is 0 Å². The molecule has 0 spiro atoms. The van der Waals surface area contributed by atoms with E-state index in [-0.39, 0.29) is 18.4 Å². The summed E-state index contributed by atoms with van der Waals surface area (Å²) in [6, 6.07) is 3.52. The van der Waals surface area contributed by atoms with Crippen LogP contribution in [0, 0.1) is 13.3 Å². The number of H-pyrrole nitrogens is 1. The number of aromatic nitrogens is 3. The van der Waals surface area contributed by atoms with Gasteiger partial charge in [0.1, 0.15) is 5.76 Å². The summed E-state index contributed by atoms with van der Waals surface area (Å²) in [6.07, 6.45) is 3.06. The molecule has 0 unspecified atom stereocenters. The van der Waals surface area contributed by atoms with E-state index >= 15 is 0 Å². The number of nitrogens with one attached hydrogen (secondary N) is 2. The first-order chi connectivity index (χ1) is 9.70. The van der Waals surface area contributed by atoms with Crippen LogP contribution in [0.25, 0.3) is 0 Å². The maximum absolute atomic E-state index is 11.8. The summed E-state index contributed by atoms with van der Waals surface area (Å²) < 4.78 is 10.5. The Morgan fingerprint density at radius 3 is 3.15 bits per heavy atom. The maximum atomic E-state index is 11.8. The monoisotopic (exact) mass is 275 g/mol. The fourth-order valence-corrected chi connectivity index (χ4v) is 2.10. The first kappa shape index (κ1) is 12.9. The Morgan fingerprint density at radius 1 is 1.55 bits per heavy atom. The highest BCUT2D eigenvalue weighted by atomic mass is 16.5. The lowest BCUT2D eigenvalue weighted by atomic mass is 10.2. The minimum absolute atomic E-state index is 0.00470. The summed E-state index contributed by atoms with van der Waals surface area (Å²) in [7, 11) is 0. The topological polar surface area (TPSA) is 93.0 Å². The molecule has 1 aliphatic heterocycles. The van der Waals surface area contributed by atoms with Crippen LogP contribution >= 0.6 is 0 Å². The van der Waals surface area contributed by atoms with E-state index < -0.39 is 0 Å². The fourth-order valence-electron chi connectivity index (χ4n) is 2.10. The van der Waals surface area contributed by atoms with Gasteiger partial charge in [-0.15, -0.1) is 0 Å². The third kappa shape index (κ3) is 2.88. The van der Waals surface area contributed by atoms with Gasteiger partial charge in [0, 0.05) is 12.1 Å². The molecule has 7 nitrogen and oxygen atoms in total. The lowest BCUT2D eigenvalue weighted by Crippen LogP contribution is -2.14. The summed E-state index contributed by atoms with van der Waals surface area (Å²) in [5.41, 5.74) is 1.62. The van der Waals surface area contributed by atoms with Crippen LogP contribution in [0.3, 0.4) is 0 Å². The molecule has 1 amide bonds. The van der Waals surface area contributed by atoms with Gasteiger partial charge in [-0.2, -0.15) is 5.10 Å². The molecule has 7 heteroatoms. The lowest BCUT2D eigenvalue weighted by molar-refractivity contribution is -0.115. The Balaban J connectivity index is 1.58. The number of anilines is 1. The number of amides is 1. The van der Waals surface area contributed by atoms with E-state index in [2.05, 4.69) is 27.1 Å². The molecule has 2 aromatic heterocycles. The quantitative estimate of drug-likeness (QED) is 0.883. The molecule has 2 N–H and O–H groups in total. The highest BCUT2D eigenvalue weighted by Crippen LogP contribution is 2.27. The zero-order valence-corrected chi connectivity index (χ0v) is 11.0. The average Bonchev–Trinajstić information content (AvgIpc) is 3.10. The summed E-state index contributed by atoms with van der Waals surface area (Å²) in [6.45, 7) is 2.46. The molecule has 105 valence electrons. The number of carbonyl (C=O) groups excluding carboxylic acids is 1. The Kier molecular flexibility index (Phi) is 3.51. The van der Waals surface area contributed by atoms with Crippen LogP contribution in [0.2, 0.25) is 0 Å². The summed E-state index contributed by atoms with van der Waals surface area (Å²) in [4.78, 5) is 11.8. The van der Waals surface area contributed by atoms with Gasteiger partial charge in [0.2, 0.25) is 5.91 Å². The van der Waals surface area contributed by atoms with Gasteiger partial charge in [-0.3, -0.25) is 9.89 Å². The van der Waals surface area contributed by atoms with Gasteiger partial charge in [0.05, 0.1) is 30.5 Å².